The topological polar surface area (TPSA) is 0 Å². The van der Waals surface area contributed by atoms with Gasteiger partial charge in [0.25, 0.3) is 0 Å². The van der Waals surface area contributed by atoms with Crippen LogP contribution >= 0.6 is 0 Å². The minimum absolute atomic E-state index is 0. The number of hydrogen-bond acceptors (Lipinski definition) is 0. The summed E-state index contributed by atoms with van der Waals surface area (Å²) in [5.41, 5.74) is 0. The fraction of sp³-hybridized carbons (Fsp3) is 0. The Morgan fingerprint density at radius 3 is 0.500 bits per heavy atom. The van der Waals surface area contributed by atoms with Crippen LogP contribution in [0.4, 0.5) is 0 Å². The minimum Gasteiger partial charge on any atom is -1.00 e. The molecule has 0 aliphatic heterocycles. The van der Waals surface area contributed by atoms with E-state index in [2.05, 4.69) is 0 Å². The Labute approximate surface area is 114 Å². The first kappa shape index (κ1) is 54.8. The number of hydrogen-bond donors (Lipinski definition) is 0. The summed E-state index contributed by atoms with van der Waals surface area (Å²) < 4.78 is 0. The normalized spacial score (nSPS) is 0. The number of halogens is 2. The molecule has 0 unspecified atom stereocenters. The first-order valence-corrected chi connectivity index (χ1v) is 0. The van der Waals surface area contributed by atoms with E-state index >= 15 is 0 Å². The second-order valence-electron chi connectivity index (χ2n) is 0. The monoisotopic (exact) mass is 234 g/mol. The second kappa shape index (κ2) is 38.3. The molecule has 0 saturated carbocycles. The third kappa shape index (κ3) is 25.5. The van der Waals surface area contributed by atoms with Crippen LogP contribution in [0.5, 0.6) is 0 Å². The Morgan fingerprint density at radius 1 is 0.500 bits per heavy atom. The average Bonchev–Trinajstić information content (AvgIpc) is 0. The Kier molecular flexibility index (Phi) is 350. The fourth-order valence-corrected chi connectivity index (χ4v) is 0. The summed E-state index contributed by atoms with van der Waals surface area (Å²) in [6, 6.07) is 0. The third-order valence-electron chi connectivity index (χ3n) is 0. The zero-order valence-corrected chi connectivity index (χ0v) is 8.50. The van der Waals surface area contributed by atoms with Crippen LogP contribution in [0.15, 0.2) is 0 Å². The van der Waals surface area contributed by atoms with Gasteiger partial charge in [0.2, 0.25) is 0 Å². The molecule has 0 atom stereocenters. The Balaban J connectivity index is 0. The maximum atomic E-state index is 0. The van der Waals surface area contributed by atoms with Crippen molar-refractivity contribution in [3.63, 3.8) is 0 Å². The van der Waals surface area contributed by atoms with E-state index in [4.69, 9.17) is 0 Å². The Hall–Kier alpha value is 3.60. The molecule has 0 bridgehead atoms. The maximum Gasteiger partial charge on any atom is 1.00 e. The summed E-state index contributed by atoms with van der Waals surface area (Å²) in [5, 5.41) is 0. The van der Waals surface area contributed by atoms with Gasteiger partial charge in [-0.2, -0.15) is 0 Å². The van der Waals surface area contributed by atoms with Crippen LogP contribution in [0.3, 0.4) is 0 Å². The molecular formula is BrILi4+2. The summed E-state index contributed by atoms with van der Waals surface area (Å²) >= 11 is 0. The first-order valence-electron chi connectivity index (χ1n) is 0. The summed E-state index contributed by atoms with van der Waals surface area (Å²) in [6.07, 6.45) is 0. The van der Waals surface area contributed by atoms with E-state index in [1.165, 1.54) is 0 Å². The first-order chi connectivity index (χ1) is 0. The molecule has 0 nitrogen and oxygen atoms in total. The fourth-order valence-electron chi connectivity index (χ4n) is 0. The Bertz CT molecular complexity index is 7.51. The predicted octanol–water partition coefficient (Wildman–Crippen LogP) is -18.0. The molecule has 0 aromatic heterocycles. The molecule has 0 aromatic rings. The van der Waals surface area contributed by atoms with Crippen LogP contribution in [0.25, 0.3) is 0 Å². The molecule has 0 heterocycles. The van der Waals surface area contributed by atoms with Crippen LogP contribution in [0.2, 0.25) is 0 Å². The van der Waals surface area contributed by atoms with Crippen molar-refractivity contribution in [3.8, 4) is 0 Å². The molecule has 0 saturated heterocycles. The van der Waals surface area contributed by atoms with Crippen LogP contribution in [-0.4, -0.2) is 0 Å². The Morgan fingerprint density at radius 2 is 0.500 bits per heavy atom. The van der Waals surface area contributed by atoms with Gasteiger partial charge in [-0.25, -0.2) is 0 Å². The van der Waals surface area contributed by atoms with Gasteiger partial charge >= 0.3 is 75.4 Å². The smallest absolute Gasteiger partial charge is 1.00 e. The van der Waals surface area contributed by atoms with E-state index in [1.54, 1.807) is 0 Å². The summed E-state index contributed by atoms with van der Waals surface area (Å²) in [4.78, 5) is 0. The van der Waals surface area contributed by atoms with E-state index in [-0.39, 0.29) is 116 Å². The molecule has 0 N–H and O–H groups in total. The molecule has 0 rings (SSSR count). The van der Waals surface area contributed by atoms with Crippen molar-refractivity contribution in [2.75, 3.05) is 0 Å². The standard InChI is InChI=1S/BrH.HI.4Li/h2*1H;;;;/q;;4*+1/p-2. The molecule has 6 heteroatoms. The van der Waals surface area contributed by atoms with E-state index in [1.807, 2.05) is 0 Å². The van der Waals surface area contributed by atoms with E-state index in [0.29, 0.717) is 0 Å². The van der Waals surface area contributed by atoms with Gasteiger partial charge < -0.3 is 41.0 Å². The second-order valence-corrected chi connectivity index (χ2v) is 0. The largest absolute Gasteiger partial charge is 1.00 e. The molecule has 0 fully saturated rings. The van der Waals surface area contributed by atoms with Gasteiger partial charge in [0.15, 0.2) is 0 Å². The third-order valence-corrected chi connectivity index (χ3v) is 0. The van der Waals surface area contributed by atoms with Gasteiger partial charge in [-0.3, -0.25) is 0 Å². The van der Waals surface area contributed by atoms with Gasteiger partial charge in [0, 0.05) is 0 Å². The molecule has 0 aliphatic rings. The SMILES string of the molecule is [Br-].[I-].[Li+].[Li+].[Li+].[Li+]. The average molecular weight is 235 g/mol. The van der Waals surface area contributed by atoms with E-state index in [9.17, 15) is 0 Å². The van der Waals surface area contributed by atoms with Crippen LogP contribution in [-0.2, 0) is 0 Å². The van der Waals surface area contributed by atoms with E-state index in [0.717, 1.165) is 0 Å². The molecule has 0 spiro atoms. The van der Waals surface area contributed by atoms with Gasteiger partial charge in [-0.15, -0.1) is 0 Å². The van der Waals surface area contributed by atoms with Crippen LogP contribution < -0.4 is 116 Å². The van der Waals surface area contributed by atoms with Crippen molar-refractivity contribution in [1.82, 2.24) is 0 Å². The van der Waals surface area contributed by atoms with E-state index < -0.39 is 0 Å². The summed E-state index contributed by atoms with van der Waals surface area (Å²) in [7, 11) is 0. The molecule has 0 radical (unpaired) electrons. The van der Waals surface area contributed by atoms with Crippen molar-refractivity contribution in [2.24, 2.45) is 0 Å². The zero-order valence-electron chi connectivity index (χ0n) is 4.76. The minimum atomic E-state index is 0. The molecule has 0 aliphatic carbocycles. The quantitative estimate of drug-likeness (QED) is 0.289. The van der Waals surface area contributed by atoms with Gasteiger partial charge in [0.05, 0.1) is 0 Å². The predicted molar refractivity (Wildman–Crippen MR) is 0 cm³/mol. The maximum absolute atomic E-state index is 0. The zero-order chi connectivity index (χ0) is 0. The molecule has 16 valence electrons. The van der Waals surface area contributed by atoms with Gasteiger partial charge in [0.1, 0.15) is 0 Å². The van der Waals surface area contributed by atoms with Gasteiger partial charge in [-0.1, -0.05) is 0 Å². The molecule has 6 heavy (non-hydrogen) atoms. The summed E-state index contributed by atoms with van der Waals surface area (Å²) in [6.45, 7) is 0. The van der Waals surface area contributed by atoms with Crippen LogP contribution in [0, 0.1) is 0 Å². The van der Waals surface area contributed by atoms with Crippen molar-refractivity contribution >= 4 is 0 Å². The molecule has 0 amide bonds. The van der Waals surface area contributed by atoms with Crippen molar-refractivity contribution in [3.05, 3.63) is 0 Å². The van der Waals surface area contributed by atoms with Crippen molar-refractivity contribution in [2.45, 2.75) is 0 Å². The number of rotatable bonds is 0. The summed E-state index contributed by atoms with van der Waals surface area (Å²) in [5.74, 6) is 0. The molecule has 0 aromatic carbocycles. The van der Waals surface area contributed by atoms with Gasteiger partial charge in [-0.05, 0) is 0 Å². The molecular weight excluding hydrogens is 235 g/mol. The van der Waals surface area contributed by atoms with Crippen molar-refractivity contribution in [1.29, 1.82) is 0 Å². The van der Waals surface area contributed by atoms with Crippen molar-refractivity contribution < 1.29 is 116 Å². The van der Waals surface area contributed by atoms with Crippen LogP contribution in [0.1, 0.15) is 0 Å².